The van der Waals surface area contributed by atoms with E-state index in [-0.39, 0.29) is 149 Å². The van der Waals surface area contributed by atoms with Crippen molar-refractivity contribution in [2.75, 3.05) is 0 Å². The van der Waals surface area contributed by atoms with E-state index in [0.717, 1.165) is 0 Å². The van der Waals surface area contributed by atoms with Crippen LogP contribution in [0.3, 0.4) is 0 Å². The van der Waals surface area contributed by atoms with Crippen molar-refractivity contribution in [3.05, 3.63) is 0 Å². The summed E-state index contributed by atoms with van der Waals surface area (Å²) in [6.07, 6.45) is 0. The number of hydrogen-bond donors (Lipinski definition) is 0. The normalized spacial score (nSPS) is 0. The minimum Gasteiger partial charge on any atom is -2.00 e. The summed E-state index contributed by atoms with van der Waals surface area (Å²) in [6.45, 7) is 0. The van der Waals surface area contributed by atoms with Crippen LogP contribution in [0.5, 0.6) is 0 Å². The van der Waals surface area contributed by atoms with Crippen LogP contribution in [0.2, 0.25) is 0 Å². The third-order valence-electron chi connectivity index (χ3n) is 0. The van der Waals surface area contributed by atoms with Gasteiger partial charge in [0.2, 0.25) is 0 Å². The van der Waals surface area contributed by atoms with Gasteiger partial charge in [-0.1, -0.05) is 0 Å². The fraction of sp³-hybridized carbons (Fsp3) is 0. The zero-order valence-electron chi connectivity index (χ0n) is 4.82. The van der Waals surface area contributed by atoms with Crippen LogP contribution >= 0.6 is 0 Å². The first-order valence-corrected chi connectivity index (χ1v) is 0. The Labute approximate surface area is 145 Å². The van der Waals surface area contributed by atoms with Crippen LogP contribution in [-0.4, -0.2) is 17.1 Å². The molecule has 0 atom stereocenters. The van der Waals surface area contributed by atoms with Gasteiger partial charge in [0.05, 0.1) is 0 Å². The molecule has 0 aromatic heterocycles. The predicted octanol–water partition coefficient (Wildman–Crippen LogP) is -12.4. The Morgan fingerprint density at radius 1 is 0.500 bits per heavy atom. The Morgan fingerprint density at radius 2 is 0.500 bits per heavy atom. The topological polar surface area (TPSA) is 0 Å². The van der Waals surface area contributed by atoms with Crippen LogP contribution in [0.1, 0.15) is 0 Å². The molecule has 0 aromatic rings. The standard InChI is InChI=1S/4Na.S.Se/q4*+1;2*-2. The Hall–Kier alpha value is 4.87. The van der Waals surface area contributed by atoms with Crippen LogP contribution in [0.4, 0.5) is 0 Å². The Morgan fingerprint density at radius 3 is 0.500 bits per heavy atom. The summed E-state index contributed by atoms with van der Waals surface area (Å²) in [5, 5.41) is 0. The molecule has 0 nitrogen and oxygen atoms in total. The third-order valence-corrected chi connectivity index (χ3v) is 0. The Kier molecular flexibility index (Phi) is 244. The monoisotopic (exact) mass is 204 g/mol. The predicted molar refractivity (Wildman–Crippen MR) is 13.1 cm³/mol. The molecule has 16 valence electrons. The van der Waals surface area contributed by atoms with E-state index in [1.54, 1.807) is 0 Å². The summed E-state index contributed by atoms with van der Waals surface area (Å²) in [7, 11) is 0. The molecule has 0 amide bonds. The van der Waals surface area contributed by atoms with Gasteiger partial charge in [0.25, 0.3) is 0 Å². The van der Waals surface area contributed by atoms with Crippen molar-refractivity contribution in [3.8, 4) is 0 Å². The maximum atomic E-state index is 0. The van der Waals surface area contributed by atoms with Gasteiger partial charge in [-0.2, -0.15) is 0 Å². The van der Waals surface area contributed by atoms with Crippen molar-refractivity contribution in [1.82, 2.24) is 0 Å². The summed E-state index contributed by atoms with van der Waals surface area (Å²) in [6, 6.07) is 0. The molecule has 0 radical (unpaired) electrons. The Bertz CT molecular complexity index is 7.51. The molecule has 0 unspecified atom stereocenters. The van der Waals surface area contributed by atoms with Crippen LogP contribution in [0, 0.1) is 0 Å². The van der Waals surface area contributed by atoms with E-state index in [4.69, 9.17) is 0 Å². The van der Waals surface area contributed by atoms with Gasteiger partial charge in [-0.15, -0.1) is 0 Å². The van der Waals surface area contributed by atoms with Crippen molar-refractivity contribution >= 4 is 30.6 Å². The zero-order valence-corrected chi connectivity index (χ0v) is 15.3. The van der Waals surface area contributed by atoms with Gasteiger partial charge >= 0.3 is 118 Å². The first kappa shape index (κ1) is 44.7. The molecule has 6 heteroatoms. The van der Waals surface area contributed by atoms with Gasteiger partial charge in [-0.3, -0.25) is 0 Å². The maximum Gasteiger partial charge on any atom is 1.00 e. The van der Waals surface area contributed by atoms with Crippen LogP contribution in [-0.2, 0) is 13.5 Å². The molecule has 0 aliphatic carbocycles. The van der Waals surface area contributed by atoms with Crippen molar-refractivity contribution in [2.24, 2.45) is 0 Å². The van der Waals surface area contributed by atoms with E-state index >= 15 is 0 Å². The summed E-state index contributed by atoms with van der Waals surface area (Å²) in [4.78, 5) is 0. The Balaban J connectivity index is 0. The summed E-state index contributed by atoms with van der Waals surface area (Å²) < 4.78 is 0. The second-order valence-corrected chi connectivity index (χ2v) is 0. The first-order valence-electron chi connectivity index (χ1n) is 0. The van der Waals surface area contributed by atoms with Crippen molar-refractivity contribution in [3.63, 3.8) is 0 Å². The molecular formula is Na4SSe. The smallest absolute Gasteiger partial charge is 1.00 e. The second kappa shape index (κ2) is 32.7. The van der Waals surface area contributed by atoms with E-state index < -0.39 is 0 Å². The first-order chi connectivity index (χ1) is 0. The molecule has 0 fully saturated rings. The third kappa shape index (κ3) is 23.2. The zero-order chi connectivity index (χ0) is 0. The number of hydrogen-bond acceptors (Lipinski definition) is 0. The quantitative estimate of drug-likeness (QED) is 0.343. The molecule has 0 saturated carbocycles. The van der Waals surface area contributed by atoms with E-state index in [0.29, 0.717) is 0 Å². The van der Waals surface area contributed by atoms with Gasteiger partial charge in [0.1, 0.15) is 0 Å². The maximum absolute atomic E-state index is 0. The van der Waals surface area contributed by atoms with Crippen molar-refractivity contribution < 1.29 is 118 Å². The van der Waals surface area contributed by atoms with E-state index in [2.05, 4.69) is 0 Å². The fourth-order valence-corrected chi connectivity index (χ4v) is 0. The van der Waals surface area contributed by atoms with E-state index in [9.17, 15) is 0 Å². The van der Waals surface area contributed by atoms with Gasteiger partial charge in [-0.25, -0.2) is 0 Å². The van der Waals surface area contributed by atoms with Crippen LogP contribution < -0.4 is 118 Å². The van der Waals surface area contributed by atoms with E-state index in [1.807, 2.05) is 0 Å². The molecule has 0 rings (SSSR count). The molecule has 0 N–H and O–H groups in total. The van der Waals surface area contributed by atoms with Gasteiger partial charge in [0, 0.05) is 0 Å². The van der Waals surface area contributed by atoms with Crippen molar-refractivity contribution in [2.45, 2.75) is 0 Å². The summed E-state index contributed by atoms with van der Waals surface area (Å²) in [5.41, 5.74) is 0. The van der Waals surface area contributed by atoms with Gasteiger partial charge in [-0.05, 0) is 0 Å². The molecule has 0 aromatic carbocycles. The molecule has 0 spiro atoms. The summed E-state index contributed by atoms with van der Waals surface area (Å²) in [5.74, 6) is 0. The van der Waals surface area contributed by atoms with Gasteiger partial charge < -0.3 is 30.6 Å². The fourth-order valence-electron chi connectivity index (χ4n) is 0. The SMILES string of the molecule is [Na+].[Na+].[Na+].[Na+].[S-2].[Se-2]. The minimum absolute atomic E-state index is 0. The van der Waals surface area contributed by atoms with Crippen molar-refractivity contribution in [1.29, 1.82) is 0 Å². The molecule has 0 heterocycles. The van der Waals surface area contributed by atoms with Crippen LogP contribution in [0.15, 0.2) is 0 Å². The largest absolute Gasteiger partial charge is 2.00 e. The molecule has 0 aliphatic heterocycles. The molecule has 0 saturated heterocycles. The molecule has 6 heavy (non-hydrogen) atoms. The molecular weight excluding hydrogens is 203 g/mol. The summed E-state index contributed by atoms with van der Waals surface area (Å²) >= 11 is 0. The molecule has 0 aliphatic rings. The van der Waals surface area contributed by atoms with E-state index in [1.165, 1.54) is 0 Å². The molecule has 0 bridgehead atoms. The average Bonchev–Trinajstić information content (AvgIpc) is 0. The van der Waals surface area contributed by atoms with Crippen LogP contribution in [0.25, 0.3) is 0 Å². The van der Waals surface area contributed by atoms with Gasteiger partial charge in [0.15, 0.2) is 0 Å². The second-order valence-electron chi connectivity index (χ2n) is 0. The minimum atomic E-state index is 0. The average molecular weight is 203 g/mol. The number of rotatable bonds is 0.